The lowest BCUT2D eigenvalue weighted by molar-refractivity contribution is 0.405. The van der Waals surface area contributed by atoms with Crippen molar-refractivity contribution >= 4 is 43.1 Å². The predicted molar refractivity (Wildman–Crippen MR) is 39.4 cm³/mol. The second-order valence-corrected chi connectivity index (χ2v) is 4.48. The summed E-state index contributed by atoms with van der Waals surface area (Å²) >= 11 is 15.2. The van der Waals surface area contributed by atoms with Gasteiger partial charge in [0.2, 0.25) is 0 Å². The van der Waals surface area contributed by atoms with Gasteiger partial charge in [-0.3, -0.25) is 4.57 Å². The molecule has 0 heterocycles. The number of hydrogen-bond acceptors (Lipinski definition) is 1. The van der Waals surface area contributed by atoms with Crippen molar-refractivity contribution in [3.8, 4) is 0 Å². The third kappa shape index (κ3) is 427. The van der Waals surface area contributed by atoms with Gasteiger partial charge >= 0.3 is 8.25 Å². The van der Waals surface area contributed by atoms with Crippen LogP contribution in [0.2, 0.25) is 0 Å². The van der Waals surface area contributed by atoms with Crippen molar-refractivity contribution in [2.45, 2.75) is 10.7 Å². The summed E-state index contributed by atoms with van der Waals surface area (Å²) in [5.74, 6) is 0. The Balaban J connectivity index is 0. The predicted octanol–water partition coefficient (Wildman–Crippen LogP) is 1.74. The SMILES string of the molecule is CC(Cl)(Cl)Cl.O=[PH](O)O. The fourth-order valence-corrected chi connectivity index (χ4v) is 0. The Kier molecular flexibility index (Phi) is 8.14. The summed E-state index contributed by atoms with van der Waals surface area (Å²) in [4.78, 5) is 14.3. The van der Waals surface area contributed by atoms with Gasteiger partial charge in [0.1, 0.15) is 0 Å². The molecule has 0 saturated carbocycles. The minimum Gasteiger partial charge on any atom is -0.326 e. The van der Waals surface area contributed by atoms with E-state index in [1.165, 1.54) is 6.92 Å². The van der Waals surface area contributed by atoms with Crippen LogP contribution in [0.1, 0.15) is 6.92 Å². The molecule has 0 atom stereocenters. The summed E-state index contributed by atoms with van der Waals surface area (Å²) in [5, 5.41) is 0. The van der Waals surface area contributed by atoms with Crippen molar-refractivity contribution in [3.63, 3.8) is 0 Å². The van der Waals surface area contributed by atoms with E-state index in [1.54, 1.807) is 0 Å². The van der Waals surface area contributed by atoms with Crippen LogP contribution in [0.4, 0.5) is 0 Å². The summed E-state index contributed by atoms with van der Waals surface area (Å²) in [7, 11) is -3.13. The van der Waals surface area contributed by atoms with Gasteiger partial charge in [-0.15, -0.1) is 0 Å². The molecule has 0 aromatic heterocycles. The first-order chi connectivity index (χ1) is 3.73. The van der Waals surface area contributed by atoms with E-state index >= 15 is 0 Å². The molecular weight excluding hydrogens is 209 g/mol. The zero-order valence-corrected chi connectivity index (χ0v) is 7.70. The summed E-state index contributed by atoms with van der Waals surface area (Å²) in [6.45, 7) is 1.48. The quantitative estimate of drug-likeness (QED) is 0.478. The summed E-state index contributed by atoms with van der Waals surface area (Å²) in [6.07, 6.45) is 0. The molecule has 58 valence electrons. The van der Waals surface area contributed by atoms with Gasteiger partial charge in [-0.1, -0.05) is 34.8 Å². The Morgan fingerprint density at radius 1 is 1.33 bits per heavy atom. The van der Waals surface area contributed by atoms with Crippen molar-refractivity contribution in [1.29, 1.82) is 0 Å². The third-order valence-electron chi connectivity index (χ3n) is 0. The van der Waals surface area contributed by atoms with E-state index in [-0.39, 0.29) is 0 Å². The van der Waals surface area contributed by atoms with Gasteiger partial charge in [-0.05, 0) is 6.92 Å². The van der Waals surface area contributed by atoms with E-state index in [0.717, 1.165) is 0 Å². The molecule has 0 aliphatic carbocycles. The molecule has 0 amide bonds. The first-order valence-corrected chi connectivity index (χ1v) is 4.15. The number of hydrogen-bond donors (Lipinski definition) is 2. The van der Waals surface area contributed by atoms with Crippen molar-refractivity contribution in [3.05, 3.63) is 0 Å². The number of rotatable bonds is 0. The van der Waals surface area contributed by atoms with Crippen LogP contribution < -0.4 is 0 Å². The van der Waals surface area contributed by atoms with E-state index in [0.29, 0.717) is 0 Å². The Morgan fingerprint density at radius 2 is 1.33 bits per heavy atom. The van der Waals surface area contributed by atoms with E-state index in [1.807, 2.05) is 0 Å². The minimum atomic E-state index is -3.13. The molecule has 0 aliphatic heterocycles. The average molecular weight is 215 g/mol. The summed E-state index contributed by atoms with van der Waals surface area (Å²) in [6, 6.07) is 0. The molecule has 0 aliphatic rings. The molecule has 7 heteroatoms. The van der Waals surface area contributed by atoms with E-state index < -0.39 is 12.0 Å². The molecule has 0 rings (SSSR count). The van der Waals surface area contributed by atoms with Crippen LogP contribution in [0, 0.1) is 0 Å². The molecule has 0 radical (unpaired) electrons. The Hall–Kier alpha value is 1.02. The lowest BCUT2D eigenvalue weighted by atomic mass is 10.9. The number of halogens is 3. The van der Waals surface area contributed by atoms with Crippen molar-refractivity contribution < 1.29 is 14.4 Å². The standard InChI is InChI=1S/C2H3Cl3.H3O3P/c1-2(3,4)5;1-4(2)3/h1H3;4H,(H2,1,2,3). The van der Waals surface area contributed by atoms with Crippen molar-refractivity contribution in [2.75, 3.05) is 0 Å². The topological polar surface area (TPSA) is 57.5 Å². The monoisotopic (exact) mass is 214 g/mol. The van der Waals surface area contributed by atoms with Gasteiger partial charge in [0.15, 0.2) is 3.79 Å². The molecule has 2 N–H and O–H groups in total. The van der Waals surface area contributed by atoms with E-state index in [9.17, 15) is 0 Å². The molecule has 0 fully saturated rings. The zero-order chi connectivity index (χ0) is 8.08. The Bertz CT molecular complexity index is 79.5. The fraction of sp³-hybridized carbons (Fsp3) is 1.00. The lowest BCUT2D eigenvalue weighted by Crippen LogP contribution is -1.87. The zero-order valence-electron chi connectivity index (χ0n) is 4.44. The van der Waals surface area contributed by atoms with Gasteiger partial charge in [0.25, 0.3) is 0 Å². The average Bonchev–Trinajstić information content (AvgIpc) is 1.19. The van der Waals surface area contributed by atoms with Gasteiger partial charge in [-0.2, -0.15) is 0 Å². The van der Waals surface area contributed by atoms with Crippen LogP contribution in [-0.2, 0) is 4.57 Å². The Labute approximate surface area is 68.5 Å². The molecule has 0 spiro atoms. The van der Waals surface area contributed by atoms with Crippen LogP contribution in [0.5, 0.6) is 0 Å². The maximum atomic E-state index is 8.74. The number of alkyl halides is 3. The highest BCUT2D eigenvalue weighted by atomic mass is 35.6. The molecular formula is C2H6Cl3O3P. The van der Waals surface area contributed by atoms with Crippen LogP contribution in [0.15, 0.2) is 0 Å². The summed E-state index contributed by atoms with van der Waals surface area (Å²) in [5.41, 5.74) is 0. The van der Waals surface area contributed by atoms with E-state index in [4.69, 9.17) is 49.2 Å². The maximum Gasteiger partial charge on any atom is 0.314 e. The maximum absolute atomic E-state index is 8.74. The highest BCUT2D eigenvalue weighted by molar-refractivity contribution is 7.30. The highest BCUT2D eigenvalue weighted by Crippen LogP contribution is 2.23. The first kappa shape index (κ1) is 12.7. The second-order valence-electron chi connectivity index (χ2n) is 1.06. The Morgan fingerprint density at radius 3 is 1.33 bits per heavy atom. The lowest BCUT2D eigenvalue weighted by Gasteiger charge is -1.94. The van der Waals surface area contributed by atoms with Gasteiger partial charge in [0, 0.05) is 0 Å². The minimum absolute atomic E-state index is 1.08. The molecule has 0 saturated heterocycles. The van der Waals surface area contributed by atoms with Crippen molar-refractivity contribution in [1.82, 2.24) is 0 Å². The smallest absolute Gasteiger partial charge is 0.314 e. The normalized spacial score (nSPS) is 10.6. The highest BCUT2D eigenvalue weighted by Gasteiger charge is 2.07. The molecule has 0 bridgehead atoms. The molecule has 9 heavy (non-hydrogen) atoms. The van der Waals surface area contributed by atoms with Crippen LogP contribution in [-0.4, -0.2) is 13.6 Å². The molecule has 0 aromatic rings. The van der Waals surface area contributed by atoms with Gasteiger partial charge in [-0.25, -0.2) is 0 Å². The van der Waals surface area contributed by atoms with E-state index in [2.05, 4.69) is 0 Å². The van der Waals surface area contributed by atoms with Crippen LogP contribution in [0.25, 0.3) is 0 Å². The van der Waals surface area contributed by atoms with Crippen molar-refractivity contribution in [2.24, 2.45) is 0 Å². The first-order valence-electron chi connectivity index (χ1n) is 1.72. The molecule has 0 aromatic carbocycles. The molecule has 0 unspecified atom stereocenters. The molecule has 3 nitrogen and oxygen atoms in total. The van der Waals surface area contributed by atoms with Gasteiger partial charge < -0.3 is 9.79 Å². The van der Waals surface area contributed by atoms with Gasteiger partial charge in [0.05, 0.1) is 0 Å². The van der Waals surface area contributed by atoms with Crippen LogP contribution in [0.3, 0.4) is 0 Å². The fourth-order valence-electron chi connectivity index (χ4n) is 0. The third-order valence-corrected chi connectivity index (χ3v) is 0. The second kappa shape index (κ2) is 5.78. The largest absolute Gasteiger partial charge is 0.326 e. The van der Waals surface area contributed by atoms with Crippen LogP contribution >= 0.6 is 43.1 Å². The summed E-state index contributed by atoms with van der Waals surface area (Å²) < 4.78 is 7.66.